The molecule has 0 spiro atoms. The Morgan fingerprint density at radius 2 is 2.04 bits per heavy atom. The Morgan fingerprint density at radius 3 is 2.79 bits per heavy atom. The maximum atomic E-state index is 12.2. The largest absolute Gasteiger partial charge is 0.356 e. The fraction of sp³-hybridized carbons (Fsp3) is 0.500. The SMILES string of the molecule is CCCC(=O)NCCc1nc2ccccc2n1CC(=O)NC1CC1. The predicted molar refractivity (Wildman–Crippen MR) is 92.5 cm³/mol. The normalized spacial score (nSPS) is 13.9. The first kappa shape index (κ1) is 16.5. The van der Waals surface area contributed by atoms with Crippen LogP contribution in [0.5, 0.6) is 0 Å². The van der Waals surface area contributed by atoms with E-state index in [1.165, 1.54) is 0 Å². The summed E-state index contributed by atoms with van der Waals surface area (Å²) >= 11 is 0. The molecule has 6 heteroatoms. The second-order valence-corrected chi connectivity index (χ2v) is 6.29. The van der Waals surface area contributed by atoms with Crippen molar-refractivity contribution >= 4 is 22.8 Å². The van der Waals surface area contributed by atoms with Gasteiger partial charge in [0.15, 0.2) is 0 Å². The highest BCUT2D eigenvalue weighted by molar-refractivity contribution is 5.81. The zero-order valence-electron chi connectivity index (χ0n) is 14.0. The summed E-state index contributed by atoms with van der Waals surface area (Å²) in [5.41, 5.74) is 1.84. The Hall–Kier alpha value is -2.37. The molecule has 2 N–H and O–H groups in total. The third kappa shape index (κ3) is 4.13. The molecule has 1 aromatic carbocycles. The maximum Gasteiger partial charge on any atom is 0.240 e. The van der Waals surface area contributed by atoms with E-state index in [1.807, 2.05) is 35.8 Å². The van der Waals surface area contributed by atoms with E-state index < -0.39 is 0 Å². The highest BCUT2D eigenvalue weighted by Crippen LogP contribution is 2.20. The molecule has 6 nitrogen and oxygen atoms in total. The van der Waals surface area contributed by atoms with Gasteiger partial charge in [-0.15, -0.1) is 0 Å². The Balaban J connectivity index is 1.71. The topological polar surface area (TPSA) is 76.0 Å². The number of nitrogens with zero attached hydrogens (tertiary/aromatic N) is 2. The first-order chi connectivity index (χ1) is 11.7. The van der Waals surface area contributed by atoms with Gasteiger partial charge in [-0.2, -0.15) is 0 Å². The van der Waals surface area contributed by atoms with Crippen LogP contribution >= 0.6 is 0 Å². The molecule has 0 aliphatic heterocycles. The summed E-state index contributed by atoms with van der Waals surface area (Å²) in [6.07, 6.45) is 4.15. The predicted octanol–water partition coefficient (Wildman–Crippen LogP) is 1.77. The maximum absolute atomic E-state index is 12.2. The number of hydrogen-bond acceptors (Lipinski definition) is 3. The van der Waals surface area contributed by atoms with Gasteiger partial charge in [-0.1, -0.05) is 19.1 Å². The number of carbonyl (C=O) groups is 2. The van der Waals surface area contributed by atoms with Gasteiger partial charge < -0.3 is 15.2 Å². The van der Waals surface area contributed by atoms with Crippen LogP contribution in [0, 0.1) is 0 Å². The van der Waals surface area contributed by atoms with E-state index in [1.54, 1.807) is 0 Å². The van der Waals surface area contributed by atoms with Crippen LogP contribution in [0.25, 0.3) is 11.0 Å². The van der Waals surface area contributed by atoms with E-state index in [4.69, 9.17) is 0 Å². The van der Waals surface area contributed by atoms with Crippen LogP contribution in [0.4, 0.5) is 0 Å². The van der Waals surface area contributed by atoms with Crippen molar-refractivity contribution in [2.24, 2.45) is 0 Å². The van der Waals surface area contributed by atoms with Gasteiger partial charge in [-0.3, -0.25) is 9.59 Å². The van der Waals surface area contributed by atoms with Crippen molar-refractivity contribution in [3.8, 4) is 0 Å². The van der Waals surface area contributed by atoms with Crippen molar-refractivity contribution in [1.82, 2.24) is 20.2 Å². The Morgan fingerprint density at radius 1 is 1.25 bits per heavy atom. The molecule has 24 heavy (non-hydrogen) atoms. The van der Waals surface area contributed by atoms with E-state index in [9.17, 15) is 9.59 Å². The molecule has 0 radical (unpaired) electrons. The van der Waals surface area contributed by atoms with Crippen molar-refractivity contribution < 1.29 is 9.59 Å². The van der Waals surface area contributed by atoms with E-state index in [2.05, 4.69) is 15.6 Å². The molecule has 0 unspecified atom stereocenters. The molecule has 1 aliphatic rings. The van der Waals surface area contributed by atoms with Gasteiger partial charge in [0.1, 0.15) is 12.4 Å². The molecule has 0 atom stereocenters. The minimum atomic E-state index is 0.0249. The van der Waals surface area contributed by atoms with Crippen LogP contribution in [0.15, 0.2) is 24.3 Å². The van der Waals surface area contributed by atoms with Crippen LogP contribution in [-0.4, -0.2) is 34.0 Å². The third-order valence-electron chi connectivity index (χ3n) is 4.13. The summed E-state index contributed by atoms with van der Waals surface area (Å²) in [6, 6.07) is 8.17. The molecule has 1 aliphatic carbocycles. The zero-order chi connectivity index (χ0) is 16.9. The highest BCUT2D eigenvalue weighted by Gasteiger charge is 2.24. The number of benzene rings is 1. The van der Waals surface area contributed by atoms with Gasteiger partial charge in [-0.05, 0) is 31.4 Å². The number of aromatic nitrogens is 2. The molecule has 1 heterocycles. The number of para-hydroxylation sites is 2. The fourth-order valence-electron chi connectivity index (χ4n) is 2.77. The number of fused-ring (bicyclic) bond motifs is 1. The zero-order valence-corrected chi connectivity index (χ0v) is 14.0. The molecule has 2 aromatic rings. The molecule has 1 aromatic heterocycles. The average Bonchev–Trinajstić information content (AvgIpc) is 3.30. The monoisotopic (exact) mass is 328 g/mol. The molecular formula is C18H24N4O2. The van der Waals surface area contributed by atoms with Crippen molar-refractivity contribution in [3.63, 3.8) is 0 Å². The third-order valence-corrected chi connectivity index (χ3v) is 4.13. The summed E-state index contributed by atoms with van der Waals surface area (Å²) in [6.45, 7) is 2.79. The van der Waals surface area contributed by atoms with Crippen molar-refractivity contribution in [2.45, 2.75) is 51.6 Å². The lowest BCUT2D eigenvalue weighted by atomic mass is 10.3. The lowest BCUT2D eigenvalue weighted by molar-refractivity contribution is -0.122. The Labute approximate surface area is 141 Å². The molecule has 1 fully saturated rings. The average molecular weight is 328 g/mol. The molecule has 1 saturated carbocycles. The number of imidazole rings is 1. The summed E-state index contributed by atoms with van der Waals surface area (Å²) in [7, 11) is 0. The molecule has 0 saturated heterocycles. The van der Waals surface area contributed by atoms with E-state index in [0.29, 0.717) is 25.4 Å². The van der Waals surface area contributed by atoms with Gasteiger partial charge in [0.2, 0.25) is 11.8 Å². The van der Waals surface area contributed by atoms with Crippen molar-refractivity contribution in [3.05, 3.63) is 30.1 Å². The molecule has 0 bridgehead atoms. The minimum Gasteiger partial charge on any atom is -0.356 e. The van der Waals surface area contributed by atoms with Crippen LogP contribution < -0.4 is 10.6 Å². The molecular weight excluding hydrogens is 304 g/mol. The van der Waals surface area contributed by atoms with Gasteiger partial charge >= 0.3 is 0 Å². The first-order valence-corrected chi connectivity index (χ1v) is 8.67. The van der Waals surface area contributed by atoms with E-state index in [-0.39, 0.29) is 18.4 Å². The highest BCUT2D eigenvalue weighted by atomic mass is 16.2. The smallest absolute Gasteiger partial charge is 0.240 e. The number of amides is 2. The summed E-state index contributed by atoms with van der Waals surface area (Å²) in [5, 5.41) is 5.92. The first-order valence-electron chi connectivity index (χ1n) is 8.67. The van der Waals surface area contributed by atoms with Crippen LogP contribution in [-0.2, 0) is 22.6 Å². The minimum absolute atomic E-state index is 0.0249. The summed E-state index contributed by atoms with van der Waals surface area (Å²) < 4.78 is 1.96. The summed E-state index contributed by atoms with van der Waals surface area (Å²) in [5.74, 6) is 0.919. The van der Waals surface area contributed by atoms with Crippen LogP contribution in [0.1, 0.15) is 38.4 Å². The fourth-order valence-corrected chi connectivity index (χ4v) is 2.77. The quantitative estimate of drug-likeness (QED) is 0.775. The second-order valence-electron chi connectivity index (χ2n) is 6.29. The molecule has 128 valence electrons. The number of hydrogen-bond donors (Lipinski definition) is 2. The standard InChI is InChI=1S/C18H24N4O2/c1-2-5-17(23)19-11-10-16-21-14-6-3-4-7-15(14)22(16)12-18(24)20-13-8-9-13/h3-4,6-7,13H,2,5,8-12H2,1H3,(H,19,23)(H,20,24). The lowest BCUT2D eigenvalue weighted by Crippen LogP contribution is -2.30. The van der Waals surface area contributed by atoms with Gasteiger partial charge in [0.25, 0.3) is 0 Å². The molecule has 3 rings (SSSR count). The van der Waals surface area contributed by atoms with E-state index in [0.717, 1.165) is 36.1 Å². The van der Waals surface area contributed by atoms with Gasteiger partial charge in [0.05, 0.1) is 11.0 Å². The van der Waals surface area contributed by atoms with Gasteiger partial charge in [-0.25, -0.2) is 4.98 Å². The van der Waals surface area contributed by atoms with Crippen LogP contribution in [0.3, 0.4) is 0 Å². The number of carbonyl (C=O) groups excluding carboxylic acids is 2. The van der Waals surface area contributed by atoms with Crippen molar-refractivity contribution in [2.75, 3.05) is 6.54 Å². The Kier molecular flexibility index (Phi) is 5.13. The van der Waals surface area contributed by atoms with Crippen LogP contribution in [0.2, 0.25) is 0 Å². The Bertz CT molecular complexity index is 734. The lowest BCUT2D eigenvalue weighted by Gasteiger charge is -2.10. The van der Waals surface area contributed by atoms with Gasteiger partial charge in [0, 0.05) is 25.4 Å². The summed E-state index contributed by atoms with van der Waals surface area (Å²) in [4.78, 5) is 28.4. The second kappa shape index (κ2) is 7.47. The van der Waals surface area contributed by atoms with E-state index >= 15 is 0 Å². The number of rotatable bonds is 8. The number of nitrogens with one attached hydrogen (secondary N) is 2. The molecule has 2 amide bonds. The van der Waals surface area contributed by atoms with Crippen molar-refractivity contribution in [1.29, 1.82) is 0 Å².